The molecule has 2 aromatic rings. The predicted octanol–water partition coefficient (Wildman–Crippen LogP) is 2.91. The van der Waals surface area contributed by atoms with Crippen LogP contribution in [0.1, 0.15) is 25.2 Å². The lowest BCUT2D eigenvalue weighted by atomic mass is 9.89. The molecule has 0 saturated heterocycles. The van der Waals surface area contributed by atoms with Crippen LogP contribution < -0.4 is 5.73 Å². The van der Waals surface area contributed by atoms with Crippen molar-refractivity contribution < 1.29 is 0 Å². The first-order valence-electron chi connectivity index (χ1n) is 6.31. The number of nitrogens with two attached hydrogens (primary N) is 1. The Morgan fingerprint density at radius 1 is 1.22 bits per heavy atom. The van der Waals surface area contributed by atoms with Crippen LogP contribution in [0.4, 0.5) is 0 Å². The van der Waals surface area contributed by atoms with E-state index in [1.165, 1.54) is 11.1 Å². The van der Waals surface area contributed by atoms with E-state index in [1.54, 1.807) is 0 Å². The first-order chi connectivity index (χ1) is 8.50. The number of rotatable bonds is 4. The van der Waals surface area contributed by atoms with Crippen LogP contribution in [0.25, 0.3) is 11.3 Å². The number of aromatic nitrogens is 2. The third-order valence-corrected chi connectivity index (χ3v) is 3.19. The Kier molecular flexibility index (Phi) is 3.53. The van der Waals surface area contributed by atoms with Gasteiger partial charge >= 0.3 is 0 Å². The van der Waals surface area contributed by atoms with Gasteiger partial charge in [-0.3, -0.25) is 0 Å². The Balaban J connectivity index is 2.18. The molecule has 1 aromatic heterocycles. The van der Waals surface area contributed by atoms with Gasteiger partial charge in [-0.05, 0) is 24.4 Å². The lowest BCUT2D eigenvalue weighted by Crippen LogP contribution is -2.26. The fraction of sp³-hybridized carbons (Fsp3) is 0.400. The van der Waals surface area contributed by atoms with Crippen molar-refractivity contribution in [3.05, 3.63) is 41.9 Å². The van der Waals surface area contributed by atoms with E-state index < -0.39 is 0 Å². The highest BCUT2D eigenvalue weighted by Gasteiger charge is 2.18. The van der Waals surface area contributed by atoms with Crippen molar-refractivity contribution in [2.45, 2.75) is 27.2 Å². The van der Waals surface area contributed by atoms with E-state index in [9.17, 15) is 0 Å². The number of aromatic amines is 1. The van der Waals surface area contributed by atoms with Crippen molar-refractivity contribution in [3.63, 3.8) is 0 Å². The van der Waals surface area contributed by atoms with Crippen LogP contribution in [-0.2, 0) is 6.42 Å². The zero-order valence-corrected chi connectivity index (χ0v) is 11.3. The molecule has 0 bridgehead atoms. The lowest BCUT2D eigenvalue weighted by Gasteiger charge is -2.20. The molecule has 1 aromatic carbocycles. The predicted molar refractivity (Wildman–Crippen MR) is 75.3 cm³/mol. The second kappa shape index (κ2) is 4.94. The van der Waals surface area contributed by atoms with Crippen LogP contribution >= 0.6 is 0 Å². The van der Waals surface area contributed by atoms with Gasteiger partial charge in [0.1, 0.15) is 5.82 Å². The average molecular weight is 243 g/mol. The normalized spacial score (nSPS) is 11.8. The molecule has 3 N–H and O–H groups in total. The smallest absolute Gasteiger partial charge is 0.107 e. The van der Waals surface area contributed by atoms with Crippen LogP contribution in [0.5, 0.6) is 0 Å². The molecule has 96 valence electrons. The van der Waals surface area contributed by atoms with Crippen LogP contribution in [0, 0.1) is 12.3 Å². The van der Waals surface area contributed by atoms with Gasteiger partial charge in [0.15, 0.2) is 0 Å². The third-order valence-electron chi connectivity index (χ3n) is 3.19. The standard InChI is InChI=1S/C15H21N3/c1-11-4-6-12(7-5-11)13-9-17-14(18-13)8-15(2,3)10-16/h4-7,9H,8,10,16H2,1-3H3,(H,17,18). The fourth-order valence-corrected chi connectivity index (χ4v) is 1.86. The van der Waals surface area contributed by atoms with Crippen LogP contribution in [0.2, 0.25) is 0 Å². The number of aryl methyl sites for hydroxylation is 1. The highest BCUT2D eigenvalue weighted by molar-refractivity contribution is 5.58. The van der Waals surface area contributed by atoms with Crippen LogP contribution in [-0.4, -0.2) is 16.5 Å². The summed E-state index contributed by atoms with van der Waals surface area (Å²) in [6.07, 6.45) is 2.77. The molecule has 0 fully saturated rings. The summed E-state index contributed by atoms with van der Waals surface area (Å²) < 4.78 is 0. The van der Waals surface area contributed by atoms with Crippen LogP contribution in [0.15, 0.2) is 30.5 Å². The molecule has 0 aliphatic heterocycles. The number of hydrogen-bond acceptors (Lipinski definition) is 2. The van der Waals surface area contributed by atoms with E-state index in [0.29, 0.717) is 6.54 Å². The van der Waals surface area contributed by atoms with Crippen LogP contribution in [0.3, 0.4) is 0 Å². The number of nitrogens with zero attached hydrogens (tertiary/aromatic N) is 1. The van der Waals surface area contributed by atoms with Gasteiger partial charge in [-0.25, -0.2) is 4.98 Å². The quantitative estimate of drug-likeness (QED) is 0.867. The van der Waals surface area contributed by atoms with Gasteiger partial charge in [0.25, 0.3) is 0 Å². The molecule has 0 aliphatic carbocycles. The monoisotopic (exact) mass is 243 g/mol. The molecule has 1 heterocycles. The first kappa shape index (κ1) is 12.8. The van der Waals surface area contributed by atoms with E-state index >= 15 is 0 Å². The van der Waals surface area contributed by atoms with Gasteiger partial charge in [-0.1, -0.05) is 43.7 Å². The molecule has 2 rings (SSSR count). The largest absolute Gasteiger partial charge is 0.342 e. The van der Waals surface area contributed by atoms with Crippen molar-refractivity contribution >= 4 is 0 Å². The highest BCUT2D eigenvalue weighted by atomic mass is 14.9. The molecule has 0 unspecified atom stereocenters. The Labute approximate surface area is 108 Å². The van der Waals surface area contributed by atoms with E-state index in [2.05, 4.69) is 55.0 Å². The molecule has 18 heavy (non-hydrogen) atoms. The van der Waals surface area contributed by atoms with Gasteiger partial charge in [-0.15, -0.1) is 0 Å². The summed E-state index contributed by atoms with van der Waals surface area (Å²) in [5.41, 5.74) is 9.34. The molecular weight excluding hydrogens is 222 g/mol. The second-order valence-electron chi connectivity index (χ2n) is 5.65. The summed E-state index contributed by atoms with van der Waals surface area (Å²) in [6, 6.07) is 8.45. The lowest BCUT2D eigenvalue weighted by molar-refractivity contribution is 0.369. The molecule has 0 aliphatic rings. The molecular formula is C15H21N3. The third kappa shape index (κ3) is 2.99. The maximum Gasteiger partial charge on any atom is 0.107 e. The summed E-state index contributed by atoms with van der Waals surface area (Å²) in [5, 5.41) is 0. The zero-order valence-electron chi connectivity index (χ0n) is 11.3. The molecule has 0 saturated carbocycles. The number of hydrogen-bond donors (Lipinski definition) is 2. The van der Waals surface area contributed by atoms with E-state index in [1.807, 2.05) is 6.20 Å². The average Bonchev–Trinajstić information content (AvgIpc) is 2.78. The highest BCUT2D eigenvalue weighted by Crippen LogP contribution is 2.22. The van der Waals surface area contributed by atoms with E-state index in [4.69, 9.17) is 5.73 Å². The van der Waals surface area contributed by atoms with Crippen molar-refractivity contribution in [3.8, 4) is 11.3 Å². The van der Waals surface area contributed by atoms with Crippen molar-refractivity contribution in [1.29, 1.82) is 0 Å². The minimum absolute atomic E-state index is 0.0857. The van der Waals surface area contributed by atoms with Crippen molar-refractivity contribution in [2.24, 2.45) is 11.1 Å². The maximum atomic E-state index is 5.75. The number of H-pyrrole nitrogens is 1. The van der Waals surface area contributed by atoms with Gasteiger partial charge in [0.2, 0.25) is 0 Å². The molecule has 0 radical (unpaired) electrons. The Bertz CT molecular complexity index is 509. The second-order valence-corrected chi connectivity index (χ2v) is 5.65. The van der Waals surface area contributed by atoms with Gasteiger partial charge in [0.05, 0.1) is 11.9 Å². The topological polar surface area (TPSA) is 54.7 Å². The van der Waals surface area contributed by atoms with E-state index in [0.717, 1.165) is 17.9 Å². The Morgan fingerprint density at radius 2 is 1.89 bits per heavy atom. The minimum Gasteiger partial charge on any atom is -0.342 e. The molecule has 0 atom stereocenters. The van der Waals surface area contributed by atoms with Gasteiger partial charge in [-0.2, -0.15) is 0 Å². The Morgan fingerprint density at radius 3 is 2.50 bits per heavy atom. The molecule has 3 nitrogen and oxygen atoms in total. The fourth-order valence-electron chi connectivity index (χ4n) is 1.86. The molecule has 0 spiro atoms. The van der Waals surface area contributed by atoms with Gasteiger partial charge < -0.3 is 10.7 Å². The molecule has 3 heteroatoms. The summed E-state index contributed by atoms with van der Waals surface area (Å²) in [6.45, 7) is 7.06. The summed E-state index contributed by atoms with van der Waals surface area (Å²) in [7, 11) is 0. The summed E-state index contributed by atoms with van der Waals surface area (Å²) >= 11 is 0. The number of nitrogens with one attached hydrogen (secondary N) is 1. The maximum absolute atomic E-state index is 5.75. The van der Waals surface area contributed by atoms with Crippen molar-refractivity contribution in [1.82, 2.24) is 9.97 Å². The number of benzene rings is 1. The number of imidazole rings is 1. The zero-order chi connectivity index (χ0) is 13.2. The summed E-state index contributed by atoms with van der Waals surface area (Å²) in [4.78, 5) is 7.81. The molecule has 0 amide bonds. The SMILES string of the molecule is Cc1ccc(-c2cnc(CC(C)(C)CN)[nH]2)cc1. The first-order valence-corrected chi connectivity index (χ1v) is 6.31. The Hall–Kier alpha value is -1.61. The summed E-state index contributed by atoms with van der Waals surface area (Å²) in [5.74, 6) is 1.00. The minimum atomic E-state index is 0.0857. The van der Waals surface area contributed by atoms with Gasteiger partial charge in [0, 0.05) is 6.42 Å². The van der Waals surface area contributed by atoms with E-state index in [-0.39, 0.29) is 5.41 Å². The van der Waals surface area contributed by atoms with Crippen molar-refractivity contribution in [2.75, 3.05) is 6.54 Å².